The second-order valence-corrected chi connectivity index (χ2v) is 9.61. The van der Waals surface area contributed by atoms with Gasteiger partial charge in [-0.05, 0) is 47.9 Å². The van der Waals surface area contributed by atoms with Crippen LogP contribution < -0.4 is 5.69 Å². The van der Waals surface area contributed by atoms with Crippen LogP contribution in [0.1, 0.15) is 47.5 Å². The number of piperazine rings is 1. The number of hydrogen-bond acceptors (Lipinski definition) is 5. The number of nitrogens with zero attached hydrogens (tertiary/aromatic N) is 3. The average molecular weight is 590 g/mol. The van der Waals surface area contributed by atoms with Gasteiger partial charge in [0.25, 0.3) is 0 Å². The summed E-state index contributed by atoms with van der Waals surface area (Å²) in [5, 5.41) is 6.12. The minimum absolute atomic E-state index is 0.00551. The molecule has 0 radical (unpaired) electrons. The second-order valence-electron chi connectivity index (χ2n) is 9.61. The number of rotatable bonds is 9. The number of hydrogen-bond donors (Lipinski definition) is 2. The van der Waals surface area contributed by atoms with E-state index in [4.69, 9.17) is 4.74 Å². The Balaban J connectivity index is 1.65. The highest BCUT2D eigenvalue weighted by atomic mass is 19.4. The number of benzene rings is 2. The monoisotopic (exact) mass is 589 g/mol. The van der Waals surface area contributed by atoms with Crippen LogP contribution in [0.2, 0.25) is 0 Å². The fourth-order valence-electron chi connectivity index (χ4n) is 4.89. The largest absolute Gasteiger partial charge is 0.416 e. The van der Waals surface area contributed by atoms with Crippen LogP contribution in [0.15, 0.2) is 47.3 Å². The van der Waals surface area contributed by atoms with Crippen LogP contribution in [0.5, 0.6) is 0 Å². The number of nitrogens with one attached hydrogen (secondary N) is 2. The van der Waals surface area contributed by atoms with Crippen molar-refractivity contribution in [2.24, 2.45) is 0 Å². The highest BCUT2D eigenvalue weighted by Gasteiger charge is 2.42. The molecule has 0 saturated carbocycles. The molecule has 1 aliphatic rings. The number of carbonyl (C=O) groups is 1. The predicted molar refractivity (Wildman–Crippen MR) is 131 cm³/mol. The van der Waals surface area contributed by atoms with E-state index >= 15 is 0 Å². The minimum Gasteiger partial charge on any atom is -0.375 e. The summed E-state index contributed by atoms with van der Waals surface area (Å²) in [6.45, 7) is 1.17. The predicted octanol–water partition coefficient (Wildman–Crippen LogP) is 4.66. The second kappa shape index (κ2) is 12.0. The van der Waals surface area contributed by atoms with E-state index in [2.05, 4.69) is 15.2 Å². The Morgan fingerprint density at radius 1 is 1.00 bits per heavy atom. The minimum atomic E-state index is -5.01. The van der Waals surface area contributed by atoms with Crippen molar-refractivity contribution in [2.45, 2.75) is 50.9 Å². The first-order valence-corrected chi connectivity index (χ1v) is 12.5. The number of H-pyrrole nitrogens is 2. The smallest absolute Gasteiger partial charge is 0.375 e. The van der Waals surface area contributed by atoms with Gasteiger partial charge in [0.2, 0.25) is 5.91 Å². The van der Waals surface area contributed by atoms with E-state index in [0.29, 0.717) is 30.7 Å². The summed E-state index contributed by atoms with van der Waals surface area (Å²) >= 11 is 0. The number of ether oxygens (including phenoxy) is 1. The van der Waals surface area contributed by atoms with E-state index in [9.17, 15) is 40.3 Å². The lowest BCUT2D eigenvalue weighted by Crippen LogP contribution is -2.59. The maximum Gasteiger partial charge on any atom is 0.416 e. The van der Waals surface area contributed by atoms with Crippen molar-refractivity contribution in [1.29, 1.82) is 0 Å². The van der Waals surface area contributed by atoms with Gasteiger partial charge in [-0.15, -0.1) is 0 Å². The van der Waals surface area contributed by atoms with Gasteiger partial charge in [0.1, 0.15) is 11.6 Å². The van der Waals surface area contributed by atoms with Crippen molar-refractivity contribution in [3.8, 4) is 0 Å². The molecule has 222 valence electrons. The molecule has 8 nitrogen and oxygen atoms in total. The zero-order valence-electron chi connectivity index (χ0n) is 21.7. The molecule has 3 aromatic rings. The lowest BCUT2D eigenvalue weighted by molar-refractivity contribution is -0.148. The highest BCUT2D eigenvalue weighted by Crippen LogP contribution is 2.37. The molecule has 0 aliphatic carbocycles. The third kappa shape index (κ3) is 7.33. The topological polar surface area (TPSA) is 94.3 Å². The first-order valence-electron chi connectivity index (χ1n) is 12.5. The highest BCUT2D eigenvalue weighted by molar-refractivity contribution is 5.79. The Kier molecular flexibility index (Phi) is 8.87. The number of amides is 1. The standard InChI is InChI=1S/C26H26F7N5O3/c1-2-7-38-20(14-41-13-15-8-17(25(28,29)30)10-18(9-15)26(31,32)33)23(16-3-5-19(27)6-4-16)37(12-22(38)39)11-21-34-24(40)36-35-21/h3-6,8-10,20,23H,2,7,11-14H2,1H3,(H2,34,35,36,40)/t20-,23+/m1/s1. The van der Waals surface area contributed by atoms with Gasteiger partial charge < -0.3 is 9.64 Å². The summed E-state index contributed by atoms with van der Waals surface area (Å²) in [6, 6.07) is 5.27. The lowest BCUT2D eigenvalue weighted by atomic mass is 9.93. The molecule has 0 spiro atoms. The molecule has 1 fully saturated rings. The molecular weight excluding hydrogens is 563 g/mol. The molecule has 2 N–H and O–H groups in total. The van der Waals surface area contributed by atoms with Crippen molar-refractivity contribution in [2.75, 3.05) is 19.7 Å². The maximum atomic E-state index is 13.8. The van der Waals surface area contributed by atoms with Gasteiger partial charge in [0.15, 0.2) is 0 Å². The van der Waals surface area contributed by atoms with E-state index in [1.807, 2.05) is 6.92 Å². The molecule has 2 heterocycles. The van der Waals surface area contributed by atoms with Crippen LogP contribution in [0.4, 0.5) is 30.7 Å². The number of carbonyl (C=O) groups excluding carboxylic acids is 1. The summed E-state index contributed by atoms with van der Waals surface area (Å²) in [5.74, 6) is -0.593. The van der Waals surface area contributed by atoms with Gasteiger partial charge in [-0.25, -0.2) is 14.3 Å². The average Bonchev–Trinajstić information content (AvgIpc) is 3.30. The molecule has 2 aromatic carbocycles. The van der Waals surface area contributed by atoms with Gasteiger partial charge in [-0.2, -0.15) is 31.4 Å². The summed E-state index contributed by atoms with van der Waals surface area (Å²) in [5.41, 5.74) is -3.26. The van der Waals surface area contributed by atoms with Gasteiger partial charge in [0.05, 0.1) is 49.5 Å². The summed E-state index contributed by atoms with van der Waals surface area (Å²) in [4.78, 5) is 30.5. The molecule has 1 saturated heterocycles. The SMILES string of the molecule is CCCN1C(=O)CN(Cc2n[nH]c(=O)[nH]2)[C@@H](c2ccc(F)cc2)[C@H]1COCc1cc(C(F)(F)F)cc(C(F)(F)F)c1. The van der Waals surface area contributed by atoms with E-state index in [1.165, 1.54) is 29.2 Å². The summed E-state index contributed by atoms with van der Waals surface area (Å²) in [7, 11) is 0. The van der Waals surface area contributed by atoms with Crippen LogP contribution in [0, 0.1) is 5.82 Å². The van der Waals surface area contributed by atoms with E-state index in [1.54, 1.807) is 4.90 Å². The van der Waals surface area contributed by atoms with E-state index in [0.717, 1.165) is 0 Å². The Morgan fingerprint density at radius 2 is 1.63 bits per heavy atom. The quantitative estimate of drug-likeness (QED) is 0.355. The molecule has 1 aliphatic heterocycles. The Bertz CT molecular complexity index is 1370. The molecule has 15 heteroatoms. The zero-order chi connectivity index (χ0) is 29.9. The van der Waals surface area contributed by atoms with Crippen LogP contribution in [0.3, 0.4) is 0 Å². The summed E-state index contributed by atoms with van der Waals surface area (Å²) in [6.07, 6.45) is -9.47. The molecule has 41 heavy (non-hydrogen) atoms. The van der Waals surface area contributed by atoms with Gasteiger partial charge >= 0.3 is 18.0 Å². The van der Waals surface area contributed by atoms with Crippen molar-refractivity contribution >= 4 is 5.91 Å². The van der Waals surface area contributed by atoms with E-state index < -0.39 is 53.7 Å². The van der Waals surface area contributed by atoms with Gasteiger partial charge in [-0.3, -0.25) is 14.7 Å². The van der Waals surface area contributed by atoms with Gasteiger partial charge in [-0.1, -0.05) is 19.1 Å². The molecular formula is C26H26F7N5O3. The Labute approximate surface area is 229 Å². The van der Waals surface area contributed by atoms with Crippen molar-refractivity contribution in [3.05, 3.63) is 86.8 Å². The molecule has 0 unspecified atom stereocenters. The van der Waals surface area contributed by atoms with Crippen LogP contribution in [-0.4, -0.2) is 56.6 Å². The molecule has 1 amide bonds. The lowest BCUT2D eigenvalue weighted by Gasteiger charge is -2.47. The normalized spacial score (nSPS) is 18.7. The van der Waals surface area contributed by atoms with Crippen molar-refractivity contribution in [3.63, 3.8) is 0 Å². The molecule has 2 atom stereocenters. The summed E-state index contributed by atoms with van der Waals surface area (Å²) < 4.78 is 99.3. The number of alkyl halides is 6. The van der Waals surface area contributed by atoms with Crippen LogP contribution >= 0.6 is 0 Å². The maximum absolute atomic E-state index is 13.8. The molecule has 4 rings (SSSR count). The third-order valence-corrected chi connectivity index (χ3v) is 6.60. The van der Waals surface area contributed by atoms with E-state index in [-0.39, 0.29) is 43.1 Å². The van der Waals surface area contributed by atoms with Crippen molar-refractivity contribution in [1.82, 2.24) is 25.0 Å². The fourth-order valence-corrected chi connectivity index (χ4v) is 4.89. The first kappa shape index (κ1) is 30.2. The first-order chi connectivity index (χ1) is 19.3. The van der Waals surface area contributed by atoms with Gasteiger partial charge in [0, 0.05) is 6.54 Å². The number of aromatic amines is 2. The Hall–Kier alpha value is -3.72. The number of aromatic nitrogens is 3. The molecule has 0 bridgehead atoms. The van der Waals surface area contributed by atoms with Crippen LogP contribution in [-0.2, 0) is 35.0 Å². The van der Waals surface area contributed by atoms with Crippen molar-refractivity contribution < 1.29 is 40.3 Å². The Morgan fingerprint density at radius 3 is 2.17 bits per heavy atom. The number of halogens is 7. The van der Waals surface area contributed by atoms with Crippen LogP contribution in [0.25, 0.3) is 0 Å². The molecule has 1 aromatic heterocycles. The fraction of sp³-hybridized carbons (Fsp3) is 0.423. The third-order valence-electron chi connectivity index (χ3n) is 6.60. The zero-order valence-corrected chi connectivity index (χ0v) is 21.7.